The molecule has 6 nitrogen and oxygen atoms in total. The summed E-state index contributed by atoms with van der Waals surface area (Å²) in [5, 5.41) is 10.7. The molecule has 1 aliphatic rings. The average molecular weight is 207 g/mol. The fourth-order valence-corrected chi connectivity index (χ4v) is 1.33. The van der Waals surface area contributed by atoms with Gasteiger partial charge in [0.05, 0.1) is 5.54 Å². The Kier molecular flexibility index (Phi) is 2.28. The highest BCUT2D eigenvalue weighted by Gasteiger charge is 2.41. The minimum atomic E-state index is -0.575. The van der Waals surface area contributed by atoms with Gasteiger partial charge in [0.1, 0.15) is 5.82 Å². The number of nitrogens with two attached hydrogens (primary N) is 2. The molecule has 2 rings (SSSR count). The summed E-state index contributed by atoms with van der Waals surface area (Å²) in [6.07, 6.45) is 2.09. The molecule has 0 aliphatic heterocycles. The molecular formula is C9H13N5O. The Morgan fingerprint density at radius 2 is 2.20 bits per heavy atom. The lowest BCUT2D eigenvalue weighted by atomic mass is 10.2. The molecule has 0 aromatic carbocycles. The summed E-state index contributed by atoms with van der Waals surface area (Å²) in [6.45, 7) is 0.576. The van der Waals surface area contributed by atoms with Crippen molar-refractivity contribution in [3.63, 3.8) is 0 Å². The highest BCUT2D eigenvalue weighted by Crippen LogP contribution is 2.37. The van der Waals surface area contributed by atoms with Crippen LogP contribution in [0.1, 0.15) is 23.3 Å². The highest BCUT2D eigenvalue weighted by molar-refractivity contribution is 5.90. The number of aromatic nitrogens is 2. The van der Waals surface area contributed by atoms with Gasteiger partial charge in [0.15, 0.2) is 5.69 Å². The van der Waals surface area contributed by atoms with Crippen molar-refractivity contribution in [3.8, 4) is 0 Å². The molecule has 0 saturated heterocycles. The Hall–Kier alpha value is -1.69. The van der Waals surface area contributed by atoms with Gasteiger partial charge in [-0.25, -0.2) is 0 Å². The summed E-state index contributed by atoms with van der Waals surface area (Å²) in [5.41, 5.74) is 10.8. The first-order chi connectivity index (χ1) is 7.15. The minimum absolute atomic E-state index is 0.0110. The van der Waals surface area contributed by atoms with Crippen molar-refractivity contribution in [1.82, 2.24) is 10.2 Å². The zero-order valence-corrected chi connectivity index (χ0v) is 8.23. The first-order valence-corrected chi connectivity index (χ1v) is 4.77. The molecule has 0 radical (unpaired) electrons. The lowest BCUT2D eigenvalue weighted by molar-refractivity contribution is 0.0994. The van der Waals surface area contributed by atoms with Crippen molar-refractivity contribution in [3.05, 3.63) is 17.8 Å². The van der Waals surface area contributed by atoms with Crippen LogP contribution in [0.5, 0.6) is 0 Å². The van der Waals surface area contributed by atoms with Crippen LogP contribution < -0.4 is 16.8 Å². The van der Waals surface area contributed by atoms with Crippen LogP contribution in [0, 0.1) is 0 Å². The third-order valence-electron chi connectivity index (χ3n) is 2.55. The van der Waals surface area contributed by atoms with Gasteiger partial charge in [-0.15, -0.1) is 10.2 Å². The molecule has 1 saturated carbocycles. The van der Waals surface area contributed by atoms with Crippen molar-refractivity contribution >= 4 is 11.7 Å². The highest BCUT2D eigenvalue weighted by atomic mass is 16.1. The third kappa shape index (κ3) is 2.04. The van der Waals surface area contributed by atoms with Crippen LogP contribution in [0.25, 0.3) is 0 Å². The first-order valence-electron chi connectivity index (χ1n) is 4.77. The molecule has 0 spiro atoms. The lowest BCUT2D eigenvalue weighted by Crippen LogP contribution is -2.31. The van der Waals surface area contributed by atoms with Gasteiger partial charge in [0.25, 0.3) is 5.91 Å². The molecule has 0 bridgehead atoms. The van der Waals surface area contributed by atoms with E-state index in [0.29, 0.717) is 12.4 Å². The number of primary amides is 1. The van der Waals surface area contributed by atoms with E-state index < -0.39 is 5.91 Å². The second-order valence-electron chi connectivity index (χ2n) is 3.78. The smallest absolute Gasteiger partial charge is 0.269 e. The monoisotopic (exact) mass is 207 g/mol. The standard InChI is InChI=1S/C9H13N5O/c10-5-9(3-4-9)12-7-2-1-6(8(11)15)13-14-7/h1-2H,3-5,10H2,(H2,11,15)(H,12,14). The predicted molar refractivity (Wildman–Crippen MR) is 55.2 cm³/mol. The van der Waals surface area contributed by atoms with E-state index in [4.69, 9.17) is 11.5 Å². The number of hydrogen-bond donors (Lipinski definition) is 3. The maximum Gasteiger partial charge on any atom is 0.269 e. The number of nitrogens with one attached hydrogen (secondary N) is 1. The maximum atomic E-state index is 10.7. The van der Waals surface area contributed by atoms with Crippen molar-refractivity contribution in [2.24, 2.45) is 11.5 Å². The Balaban J connectivity index is 2.07. The van der Waals surface area contributed by atoms with Gasteiger partial charge >= 0.3 is 0 Å². The van der Waals surface area contributed by atoms with Gasteiger partial charge in [-0.1, -0.05) is 0 Å². The number of hydrogen-bond acceptors (Lipinski definition) is 5. The van der Waals surface area contributed by atoms with Crippen LogP contribution in [0.3, 0.4) is 0 Å². The molecule has 15 heavy (non-hydrogen) atoms. The molecule has 5 N–H and O–H groups in total. The van der Waals surface area contributed by atoms with Crippen LogP contribution in [0.4, 0.5) is 5.82 Å². The predicted octanol–water partition coefficient (Wildman–Crippen LogP) is -0.521. The zero-order chi connectivity index (χ0) is 10.9. The molecule has 1 aromatic heterocycles. The average Bonchev–Trinajstić information content (AvgIpc) is 2.99. The second-order valence-corrected chi connectivity index (χ2v) is 3.78. The van der Waals surface area contributed by atoms with E-state index in [9.17, 15) is 4.79 Å². The van der Waals surface area contributed by atoms with E-state index in [2.05, 4.69) is 15.5 Å². The molecule has 6 heteroatoms. The van der Waals surface area contributed by atoms with Crippen molar-refractivity contribution in [2.75, 3.05) is 11.9 Å². The number of carbonyl (C=O) groups is 1. The summed E-state index contributed by atoms with van der Waals surface area (Å²) in [6, 6.07) is 3.23. The second kappa shape index (κ2) is 3.47. The summed E-state index contributed by atoms with van der Waals surface area (Å²) in [5.74, 6) is 0.0527. The molecule has 0 atom stereocenters. The van der Waals surface area contributed by atoms with Crippen LogP contribution in [-0.4, -0.2) is 28.2 Å². The largest absolute Gasteiger partial charge is 0.364 e. The Labute approximate surface area is 87.0 Å². The molecule has 1 aliphatic carbocycles. The summed E-state index contributed by atoms with van der Waals surface area (Å²) in [4.78, 5) is 10.7. The maximum absolute atomic E-state index is 10.7. The summed E-state index contributed by atoms with van der Waals surface area (Å²) >= 11 is 0. The van der Waals surface area contributed by atoms with Crippen LogP contribution >= 0.6 is 0 Å². The van der Waals surface area contributed by atoms with Gasteiger partial charge in [0.2, 0.25) is 0 Å². The van der Waals surface area contributed by atoms with E-state index in [1.165, 1.54) is 0 Å². The molecule has 1 amide bonds. The van der Waals surface area contributed by atoms with Crippen LogP contribution in [-0.2, 0) is 0 Å². The van der Waals surface area contributed by atoms with E-state index in [-0.39, 0.29) is 11.2 Å². The van der Waals surface area contributed by atoms with Gasteiger partial charge in [-0.05, 0) is 25.0 Å². The van der Waals surface area contributed by atoms with Gasteiger partial charge < -0.3 is 16.8 Å². The van der Waals surface area contributed by atoms with Crippen LogP contribution in [0.2, 0.25) is 0 Å². The molecule has 1 heterocycles. The van der Waals surface area contributed by atoms with E-state index >= 15 is 0 Å². The van der Waals surface area contributed by atoms with Gasteiger partial charge in [-0.3, -0.25) is 4.79 Å². The molecule has 1 aromatic rings. The van der Waals surface area contributed by atoms with Crippen LogP contribution in [0.15, 0.2) is 12.1 Å². The number of anilines is 1. The Morgan fingerprint density at radius 3 is 2.60 bits per heavy atom. The van der Waals surface area contributed by atoms with E-state index in [1.807, 2.05) is 0 Å². The molecule has 1 fully saturated rings. The van der Waals surface area contributed by atoms with Crippen molar-refractivity contribution in [1.29, 1.82) is 0 Å². The fraction of sp³-hybridized carbons (Fsp3) is 0.444. The number of carbonyl (C=O) groups excluding carboxylic acids is 1. The van der Waals surface area contributed by atoms with Crippen molar-refractivity contribution < 1.29 is 4.79 Å². The molecule has 80 valence electrons. The molecular weight excluding hydrogens is 194 g/mol. The van der Waals surface area contributed by atoms with E-state index in [0.717, 1.165) is 12.8 Å². The zero-order valence-electron chi connectivity index (χ0n) is 8.23. The Morgan fingerprint density at radius 1 is 1.47 bits per heavy atom. The number of amides is 1. The molecule has 0 unspecified atom stereocenters. The quantitative estimate of drug-likeness (QED) is 0.615. The first kappa shape index (κ1) is 9.85. The number of nitrogens with zero attached hydrogens (tertiary/aromatic N) is 2. The normalized spacial score (nSPS) is 17.1. The Bertz CT molecular complexity index is 371. The van der Waals surface area contributed by atoms with Gasteiger partial charge in [-0.2, -0.15) is 0 Å². The fourth-order valence-electron chi connectivity index (χ4n) is 1.33. The lowest BCUT2D eigenvalue weighted by Gasteiger charge is -2.14. The SMILES string of the molecule is NCC1(Nc2ccc(C(N)=O)nn2)CC1. The van der Waals surface area contributed by atoms with Crippen molar-refractivity contribution in [2.45, 2.75) is 18.4 Å². The minimum Gasteiger partial charge on any atom is -0.364 e. The third-order valence-corrected chi connectivity index (χ3v) is 2.55. The number of rotatable bonds is 4. The summed E-state index contributed by atoms with van der Waals surface area (Å²) < 4.78 is 0. The van der Waals surface area contributed by atoms with E-state index in [1.54, 1.807) is 12.1 Å². The summed E-state index contributed by atoms with van der Waals surface area (Å²) in [7, 11) is 0. The van der Waals surface area contributed by atoms with Gasteiger partial charge in [0, 0.05) is 6.54 Å². The topological polar surface area (TPSA) is 107 Å².